The monoisotopic (exact) mass is 352 g/mol. The predicted octanol–water partition coefficient (Wildman–Crippen LogP) is 3.80. The molecule has 0 bridgehead atoms. The number of nitrogens with zero attached hydrogens (tertiary/aromatic N) is 2. The third kappa shape index (κ3) is 4.81. The van der Waals surface area contributed by atoms with E-state index in [9.17, 15) is 9.59 Å². The molecule has 0 saturated carbocycles. The second-order valence-electron chi connectivity index (χ2n) is 6.55. The largest absolute Gasteiger partial charge is 0.354 e. The highest BCUT2D eigenvalue weighted by molar-refractivity contribution is 5.95. The molecule has 0 spiro atoms. The number of likely N-dealkylation sites (tertiary alicyclic amines) is 1. The van der Waals surface area contributed by atoms with Gasteiger partial charge in [0, 0.05) is 37.6 Å². The fourth-order valence-electron chi connectivity index (χ4n) is 3.09. The van der Waals surface area contributed by atoms with E-state index in [4.69, 9.17) is 0 Å². The first-order valence-corrected chi connectivity index (χ1v) is 9.01. The van der Waals surface area contributed by atoms with Gasteiger partial charge in [-0.1, -0.05) is 12.8 Å². The van der Waals surface area contributed by atoms with E-state index in [-0.39, 0.29) is 11.8 Å². The molecule has 1 aliphatic rings. The number of carbonyl (C=O) groups excluding carboxylic acids is 2. The number of hydrogen-bond acceptors (Lipinski definition) is 4. The van der Waals surface area contributed by atoms with Crippen LogP contribution in [0.15, 0.2) is 42.7 Å². The summed E-state index contributed by atoms with van der Waals surface area (Å²) >= 11 is 0. The molecule has 0 radical (unpaired) electrons. The Morgan fingerprint density at radius 3 is 2.23 bits per heavy atom. The van der Waals surface area contributed by atoms with Crippen molar-refractivity contribution >= 4 is 28.9 Å². The third-order valence-corrected chi connectivity index (χ3v) is 4.37. The van der Waals surface area contributed by atoms with E-state index < -0.39 is 0 Å². The lowest BCUT2D eigenvalue weighted by atomic mass is 10.2. The van der Waals surface area contributed by atoms with Gasteiger partial charge in [-0.15, -0.1) is 0 Å². The summed E-state index contributed by atoms with van der Waals surface area (Å²) < 4.78 is 0. The Hall–Kier alpha value is -2.89. The SMILES string of the molecule is CC(=O)Nc1ccc(Nc2cncc(C(=O)N3CCCCCC3)c2)cc1. The van der Waals surface area contributed by atoms with Gasteiger partial charge < -0.3 is 15.5 Å². The molecule has 2 amide bonds. The van der Waals surface area contributed by atoms with Crippen molar-refractivity contribution in [3.8, 4) is 0 Å². The van der Waals surface area contributed by atoms with Crippen molar-refractivity contribution in [2.24, 2.45) is 0 Å². The van der Waals surface area contributed by atoms with Gasteiger partial charge in [0.1, 0.15) is 0 Å². The molecular weight excluding hydrogens is 328 g/mol. The average Bonchev–Trinajstić information content (AvgIpc) is 2.92. The predicted molar refractivity (Wildman–Crippen MR) is 103 cm³/mol. The molecule has 6 heteroatoms. The van der Waals surface area contributed by atoms with Crippen molar-refractivity contribution in [3.63, 3.8) is 0 Å². The summed E-state index contributed by atoms with van der Waals surface area (Å²) in [5.74, 6) is -0.0568. The van der Waals surface area contributed by atoms with Gasteiger partial charge in [-0.2, -0.15) is 0 Å². The number of nitrogens with one attached hydrogen (secondary N) is 2. The topological polar surface area (TPSA) is 74.3 Å². The Bertz CT molecular complexity index is 766. The van der Waals surface area contributed by atoms with Gasteiger partial charge in [0.2, 0.25) is 5.91 Å². The van der Waals surface area contributed by atoms with Crippen LogP contribution in [-0.4, -0.2) is 34.8 Å². The van der Waals surface area contributed by atoms with Gasteiger partial charge >= 0.3 is 0 Å². The summed E-state index contributed by atoms with van der Waals surface area (Å²) in [5, 5.41) is 5.98. The van der Waals surface area contributed by atoms with Crippen LogP contribution < -0.4 is 10.6 Å². The van der Waals surface area contributed by atoms with Crippen LogP contribution in [0.4, 0.5) is 17.1 Å². The normalized spacial score (nSPS) is 14.4. The molecule has 0 aliphatic carbocycles. The van der Waals surface area contributed by atoms with Gasteiger partial charge in [-0.05, 0) is 43.2 Å². The van der Waals surface area contributed by atoms with Crippen molar-refractivity contribution in [2.75, 3.05) is 23.7 Å². The number of anilines is 3. The molecule has 1 aliphatic heterocycles. The van der Waals surface area contributed by atoms with Gasteiger partial charge in [0.05, 0.1) is 17.4 Å². The van der Waals surface area contributed by atoms with Crippen LogP contribution >= 0.6 is 0 Å². The zero-order valence-electron chi connectivity index (χ0n) is 15.0. The summed E-state index contributed by atoms with van der Waals surface area (Å²) in [6.45, 7) is 3.12. The Labute approximate surface area is 153 Å². The lowest BCUT2D eigenvalue weighted by Crippen LogP contribution is -2.31. The van der Waals surface area contributed by atoms with Crippen LogP contribution in [0.25, 0.3) is 0 Å². The van der Waals surface area contributed by atoms with Gasteiger partial charge in [0.25, 0.3) is 5.91 Å². The standard InChI is InChI=1S/C20H24N4O2/c1-15(25)22-17-6-8-18(9-7-17)23-19-12-16(13-21-14-19)20(26)24-10-4-2-3-5-11-24/h6-9,12-14,23H,2-5,10-11H2,1H3,(H,22,25). The molecule has 2 heterocycles. The summed E-state index contributed by atoms with van der Waals surface area (Å²) in [6, 6.07) is 9.22. The van der Waals surface area contributed by atoms with E-state index in [1.165, 1.54) is 19.8 Å². The highest BCUT2D eigenvalue weighted by Crippen LogP contribution is 2.20. The zero-order valence-corrected chi connectivity index (χ0v) is 15.0. The number of aromatic nitrogens is 1. The van der Waals surface area contributed by atoms with E-state index in [2.05, 4.69) is 15.6 Å². The van der Waals surface area contributed by atoms with Crippen LogP contribution in [0.5, 0.6) is 0 Å². The minimum atomic E-state index is -0.102. The Morgan fingerprint density at radius 2 is 1.58 bits per heavy atom. The molecule has 3 rings (SSSR count). The molecule has 0 atom stereocenters. The molecule has 136 valence electrons. The highest BCUT2D eigenvalue weighted by atomic mass is 16.2. The highest BCUT2D eigenvalue weighted by Gasteiger charge is 2.17. The molecule has 2 aromatic rings. The summed E-state index contributed by atoms with van der Waals surface area (Å²) in [7, 11) is 0. The summed E-state index contributed by atoms with van der Waals surface area (Å²) in [6.07, 6.45) is 7.84. The minimum absolute atomic E-state index is 0.0454. The molecule has 1 saturated heterocycles. The molecule has 6 nitrogen and oxygen atoms in total. The van der Waals surface area contributed by atoms with Gasteiger partial charge in [-0.3, -0.25) is 14.6 Å². The van der Waals surface area contributed by atoms with Crippen LogP contribution in [0.3, 0.4) is 0 Å². The molecular formula is C20H24N4O2. The first-order chi connectivity index (χ1) is 12.6. The second-order valence-corrected chi connectivity index (χ2v) is 6.55. The van der Waals surface area contributed by atoms with Crippen molar-refractivity contribution in [1.82, 2.24) is 9.88 Å². The Balaban J connectivity index is 1.68. The molecule has 1 fully saturated rings. The number of hydrogen-bond donors (Lipinski definition) is 2. The molecule has 1 aromatic carbocycles. The molecule has 0 unspecified atom stereocenters. The Kier molecular flexibility index (Phi) is 5.84. The number of rotatable bonds is 4. The number of amides is 2. The van der Waals surface area contributed by atoms with Crippen molar-refractivity contribution in [1.29, 1.82) is 0 Å². The second kappa shape index (κ2) is 8.47. The maximum atomic E-state index is 12.7. The van der Waals surface area contributed by atoms with E-state index in [1.54, 1.807) is 12.4 Å². The first-order valence-electron chi connectivity index (χ1n) is 9.01. The van der Waals surface area contributed by atoms with Crippen LogP contribution in [-0.2, 0) is 4.79 Å². The lowest BCUT2D eigenvalue weighted by molar-refractivity contribution is -0.114. The van der Waals surface area contributed by atoms with E-state index in [0.717, 1.165) is 43.0 Å². The van der Waals surface area contributed by atoms with Crippen LogP contribution in [0.1, 0.15) is 43.0 Å². The molecule has 2 N–H and O–H groups in total. The maximum Gasteiger partial charge on any atom is 0.255 e. The maximum absolute atomic E-state index is 12.7. The quantitative estimate of drug-likeness (QED) is 0.878. The van der Waals surface area contributed by atoms with Crippen molar-refractivity contribution in [3.05, 3.63) is 48.3 Å². The van der Waals surface area contributed by atoms with E-state index in [1.807, 2.05) is 35.2 Å². The summed E-state index contributed by atoms with van der Waals surface area (Å²) in [5.41, 5.74) is 2.97. The molecule has 1 aromatic heterocycles. The fourth-order valence-corrected chi connectivity index (χ4v) is 3.09. The third-order valence-electron chi connectivity index (χ3n) is 4.37. The van der Waals surface area contributed by atoms with E-state index in [0.29, 0.717) is 5.56 Å². The van der Waals surface area contributed by atoms with Crippen LogP contribution in [0.2, 0.25) is 0 Å². The smallest absolute Gasteiger partial charge is 0.255 e. The van der Waals surface area contributed by atoms with Gasteiger partial charge in [-0.25, -0.2) is 0 Å². The van der Waals surface area contributed by atoms with Crippen LogP contribution in [0, 0.1) is 0 Å². The van der Waals surface area contributed by atoms with Crippen molar-refractivity contribution < 1.29 is 9.59 Å². The zero-order chi connectivity index (χ0) is 18.4. The Morgan fingerprint density at radius 1 is 0.923 bits per heavy atom. The average molecular weight is 352 g/mol. The number of pyridine rings is 1. The summed E-state index contributed by atoms with van der Waals surface area (Å²) in [4.78, 5) is 29.9. The number of carbonyl (C=O) groups is 2. The number of benzene rings is 1. The lowest BCUT2D eigenvalue weighted by Gasteiger charge is -2.20. The molecule has 26 heavy (non-hydrogen) atoms. The van der Waals surface area contributed by atoms with E-state index >= 15 is 0 Å². The fraction of sp³-hybridized carbons (Fsp3) is 0.350. The first kappa shape index (κ1) is 17.9. The minimum Gasteiger partial charge on any atom is -0.354 e. The van der Waals surface area contributed by atoms with Gasteiger partial charge in [0.15, 0.2) is 0 Å². The van der Waals surface area contributed by atoms with Crippen molar-refractivity contribution in [2.45, 2.75) is 32.6 Å².